The Kier molecular flexibility index (Phi) is 2.44. The van der Waals surface area contributed by atoms with E-state index in [2.05, 4.69) is 5.10 Å². The first-order valence-electron chi connectivity index (χ1n) is 5.94. The molecule has 1 aromatic carbocycles. The van der Waals surface area contributed by atoms with Gasteiger partial charge in [-0.25, -0.2) is 4.79 Å². The van der Waals surface area contributed by atoms with Gasteiger partial charge in [0.25, 0.3) is 0 Å². The summed E-state index contributed by atoms with van der Waals surface area (Å²) in [5, 5.41) is 4.30. The lowest BCUT2D eigenvalue weighted by Gasteiger charge is -2.20. The van der Waals surface area contributed by atoms with Crippen molar-refractivity contribution in [1.82, 2.24) is 9.78 Å². The SMILES string of the molecule is COC(=O)c1cc(C)c2c(c1)CCn1nccc1-2. The summed E-state index contributed by atoms with van der Waals surface area (Å²) in [6, 6.07) is 5.83. The Hall–Kier alpha value is -2.10. The van der Waals surface area contributed by atoms with E-state index < -0.39 is 0 Å². The van der Waals surface area contributed by atoms with Crippen LogP contribution >= 0.6 is 0 Å². The lowest BCUT2D eigenvalue weighted by molar-refractivity contribution is 0.0600. The molecule has 92 valence electrons. The number of carbonyl (C=O) groups is 1. The van der Waals surface area contributed by atoms with Crippen LogP contribution in [0.15, 0.2) is 24.4 Å². The molecule has 0 radical (unpaired) electrons. The maximum atomic E-state index is 11.6. The molecule has 0 unspecified atom stereocenters. The summed E-state index contributed by atoms with van der Waals surface area (Å²) < 4.78 is 6.79. The first-order valence-corrected chi connectivity index (χ1v) is 5.94. The van der Waals surface area contributed by atoms with Gasteiger partial charge in [-0.05, 0) is 42.7 Å². The number of benzene rings is 1. The number of ether oxygens (including phenoxy) is 1. The Balaban J connectivity index is 2.19. The van der Waals surface area contributed by atoms with Gasteiger partial charge in [0.05, 0.1) is 18.4 Å². The Bertz CT molecular complexity index is 629. The highest BCUT2D eigenvalue weighted by Crippen LogP contribution is 2.32. The van der Waals surface area contributed by atoms with Gasteiger partial charge in [-0.3, -0.25) is 4.68 Å². The average Bonchev–Trinajstić information content (AvgIpc) is 2.85. The van der Waals surface area contributed by atoms with Crippen molar-refractivity contribution >= 4 is 5.97 Å². The topological polar surface area (TPSA) is 44.1 Å². The Morgan fingerprint density at radius 2 is 2.28 bits per heavy atom. The lowest BCUT2D eigenvalue weighted by atomic mass is 9.92. The zero-order valence-electron chi connectivity index (χ0n) is 10.4. The maximum absolute atomic E-state index is 11.6. The molecule has 0 saturated heterocycles. The molecule has 0 N–H and O–H groups in total. The van der Waals surface area contributed by atoms with Crippen LogP contribution < -0.4 is 0 Å². The zero-order chi connectivity index (χ0) is 12.7. The van der Waals surface area contributed by atoms with Gasteiger partial charge in [-0.1, -0.05) is 0 Å². The minimum Gasteiger partial charge on any atom is -0.465 e. The number of rotatable bonds is 1. The molecule has 1 aliphatic rings. The number of methoxy groups -OCH3 is 1. The van der Waals surface area contributed by atoms with Crippen LogP contribution in [0.2, 0.25) is 0 Å². The number of fused-ring (bicyclic) bond motifs is 3. The van der Waals surface area contributed by atoms with Crippen LogP contribution in [0.3, 0.4) is 0 Å². The molecule has 3 rings (SSSR count). The molecular formula is C14H14N2O2. The fraction of sp³-hybridized carbons (Fsp3) is 0.286. The van der Waals surface area contributed by atoms with Crippen molar-refractivity contribution in [1.29, 1.82) is 0 Å². The number of hydrogen-bond donors (Lipinski definition) is 0. The molecule has 0 spiro atoms. The van der Waals surface area contributed by atoms with Crippen LogP contribution in [0.4, 0.5) is 0 Å². The molecule has 4 heteroatoms. The van der Waals surface area contributed by atoms with Gasteiger partial charge in [0, 0.05) is 18.3 Å². The summed E-state index contributed by atoms with van der Waals surface area (Å²) in [7, 11) is 1.41. The predicted octanol–water partition coefficient (Wildman–Crippen LogP) is 2.20. The van der Waals surface area contributed by atoms with Crippen LogP contribution in [0, 0.1) is 6.92 Å². The smallest absolute Gasteiger partial charge is 0.337 e. The summed E-state index contributed by atoms with van der Waals surface area (Å²) in [5.41, 5.74) is 5.25. The maximum Gasteiger partial charge on any atom is 0.337 e. The minimum absolute atomic E-state index is 0.278. The zero-order valence-corrected chi connectivity index (χ0v) is 10.4. The van der Waals surface area contributed by atoms with Gasteiger partial charge in [-0.15, -0.1) is 0 Å². The molecule has 0 amide bonds. The van der Waals surface area contributed by atoms with Gasteiger partial charge in [-0.2, -0.15) is 5.10 Å². The summed E-state index contributed by atoms with van der Waals surface area (Å²) in [6.07, 6.45) is 2.72. The van der Waals surface area contributed by atoms with Gasteiger partial charge in [0.15, 0.2) is 0 Å². The van der Waals surface area contributed by atoms with E-state index in [9.17, 15) is 4.79 Å². The van der Waals surface area contributed by atoms with E-state index in [4.69, 9.17) is 4.74 Å². The molecule has 2 heterocycles. The minimum atomic E-state index is -0.278. The van der Waals surface area contributed by atoms with Gasteiger partial charge in [0.2, 0.25) is 0 Å². The third-order valence-corrected chi connectivity index (χ3v) is 3.40. The fourth-order valence-corrected chi connectivity index (χ4v) is 2.61. The molecule has 0 fully saturated rings. The first kappa shape index (κ1) is 11.0. The first-order chi connectivity index (χ1) is 8.70. The average molecular weight is 242 g/mol. The number of carbonyl (C=O) groups excluding carboxylic acids is 1. The number of aryl methyl sites for hydroxylation is 3. The van der Waals surface area contributed by atoms with Crippen LogP contribution in [-0.4, -0.2) is 22.9 Å². The van der Waals surface area contributed by atoms with Crippen molar-refractivity contribution in [2.45, 2.75) is 19.9 Å². The third-order valence-electron chi connectivity index (χ3n) is 3.40. The molecule has 18 heavy (non-hydrogen) atoms. The predicted molar refractivity (Wildman–Crippen MR) is 67.4 cm³/mol. The summed E-state index contributed by atoms with van der Waals surface area (Å²) >= 11 is 0. The fourth-order valence-electron chi connectivity index (χ4n) is 2.61. The molecule has 1 aliphatic heterocycles. The Labute approximate surface area is 105 Å². The van der Waals surface area contributed by atoms with E-state index in [0.717, 1.165) is 24.2 Å². The lowest BCUT2D eigenvalue weighted by Crippen LogP contribution is -2.14. The second-order valence-electron chi connectivity index (χ2n) is 4.51. The van der Waals surface area contributed by atoms with Crippen LogP contribution in [-0.2, 0) is 17.7 Å². The second kappa shape index (κ2) is 3.98. The van der Waals surface area contributed by atoms with Crippen molar-refractivity contribution in [2.75, 3.05) is 7.11 Å². The van der Waals surface area contributed by atoms with Crippen molar-refractivity contribution in [3.8, 4) is 11.3 Å². The molecule has 4 nitrogen and oxygen atoms in total. The van der Waals surface area contributed by atoms with E-state index in [0.29, 0.717) is 5.56 Å². The summed E-state index contributed by atoms with van der Waals surface area (Å²) in [6.45, 7) is 2.88. The van der Waals surface area contributed by atoms with E-state index in [-0.39, 0.29) is 5.97 Å². The number of esters is 1. The molecule has 1 aromatic heterocycles. The molecule has 2 aromatic rings. The normalized spacial score (nSPS) is 12.8. The highest BCUT2D eigenvalue weighted by molar-refractivity contribution is 5.91. The molecule has 0 saturated carbocycles. The van der Waals surface area contributed by atoms with E-state index in [1.165, 1.54) is 18.2 Å². The van der Waals surface area contributed by atoms with E-state index >= 15 is 0 Å². The summed E-state index contributed by atoms with van der Waals surface area (Å²) in [5.74, 6) is -0.278. The number of hydrogen-bond acceptors (Lipinski definition) is 3. The molecule has 0 bridgehead atoms. The Morgan fingerprint density at radius 1 is 1.44 bits per heavy atom. The summed E-state index contributed by atoms with van der Waals surface area (Å²) in [4.78, 5) is 11.6. The van der Waals surface area contributed by atoms with Crippen molar-refractivity contribution in [3.05, 3.63) is 41.1 Å². The van der Waals surface area contributed by atoms with Gasteiger partial charge in [0.1, 0.15) is 0 Å². The van der Waals surface area contributed by atoms with Crippen molar-refractivity contribution in [2.24, 2.45) is 0 Å². The second-order valence-corrected chi connectivity index (χ2v) is 4.51. The van der Waals surface area contributed by atoms with Crippen LogP contribution in [0.5, 0.6) is 0 Å². The van der Waals surface area contributed by atoms with Crippen LogP contribution in [0.1, 0.15) is 21.5 Å². The largest absolute Gasteiger partial charge is 0.465 e. The van der Waals surface area contributed by atoms with Gasteiger partial charge >= 0.3 is 5.97 Å². The number of nitrogens with zero attached hydrogens (tertiary/aromatic N) is 2. The van der Waals surface area contributed by atoms with Gasteiger partial charge < -0.3 is 4.74 Å². The molecule has 0 aliphatic carbocycles. The molecular weight excluding hydrogens is 228 g/mol. The highest BCUT2D eigenvalue weighted by atomic mass is 16.5. The van der Waals surface area contributed by atoms with E-state index in [1.807, 2.05) is 36.0 Å². The quantitative estimate of drug-likeness (QED) is 0.720. The van der Waals surface area contributed by atoms with E-state index in [1.54, 1.807) is 0 Å². The molecule has 0 atom stereocenters. The number of aromatic nitrogens is 2. The third kappa shape index (κ3) is 1.53. The monoisotopic (exact) mass is 242 g/mol. The standard InChI is InChI=1S/C14H14N2O2/c1-9-7-11(14(17)18-2)8-10-4-6-16-12(13(9)10)3-5-15-16/h3,5,7-8H,4,6H2,1-2H3. The van der Waals surface area contributed by atoms with Crippen molar-refractivity contribution < 1.29 is 9.53 Å². The highest BCUT2D eigenvalue weighted by Gasteiger charge is 2.20. The van der Waals surface area contributed by atoms with Crippen molar-refractivity contribution in [3.63, 3.8) is 0 Å². The van der Waals surface area contributed by atoms with Crippen LogP contribution in [0.25, 0.3) is 11.3 Å². The Morgan fingerprint density at radius 3 is 3.06 bits per heavy atom.